The van der Waals surface area contributed by atoms with E-state index in [1.165, 1.54) is 33.4 Å². The zero-order valence-corrected chi connectivity index (χ0v) is 34.7. The van der Waals surface area contributed by atoms with Crippen molar-refractivity contribution >= 4 is 62.1 Å². The number of hydrogen-bond acceptors (Lipinski definition) is 4. The van der Waals surface area contributed by atoms with E-state index in [0.717, 1.165) is 60.8 Å². The second-order valence-electron chi connectivity index (χ2n) is 15.8. The van der Waals surface area contributed by atoms with E-state index < -0.39 is 0 Å². The van der Waals surface area contributed by atoms with E-state index in [1.54, 1.807) is 0 Å². The van der Waals surface area contributed by atoms with E-state index in [1.807, 2.05) is 47.4 Å². The van der Waals surface area contributed by atoms with Crippen LogP contribution in [-0.2, 0) is 21.1 Å². The Morgan fingerprint density at radius 3 is 1.75 bits per heavy atom. The number of fused-ring (bicyclic) bond motifs is 7. The summed E-state index contributed by atoms with van der Waals surface area (Å²) in [5.41, 5.74) is 13.8. The Labute approximate surface area is 336 Å². The van der Waals surface area contributed by atoms with Crippen molar-refractivity contribution in [2.45, 2.75) is 85.1 Å². The molecular weight excluding hydrogens is 860 g/mol. The molecule has 0 aliphatic carbocycles. The zero-order valence-electron chi connectivity index (χ0n) is 32.5. The predicted octanol–water partition coefficient (Wildman–Crippen LogP) is 12.8. The average Bonchev–Trinajstić information content (AvgIpc) is 3.98. The molecule has 55 heavy (non-hydrogen) atoms. The van der Waals surface area contributed by atoms with Crippen molar-refractivity contribution in [1.29, 1.82) is 0 Å². The predicted molar refractivity (Wildman–Crippen MR) is 220 cm³/mol. The summed E-state index contributed by atoms with van der Waals surface area (Å²) in [5.74, 6) is 1.51. The number of benzene rings is 5. The summed E-state index contributed by atoms with van der Waals surface area (Å²) in [6.45, 7) is 18.0. The van der Waals surface area contributed by atoms with Crippen LogP contribution in [0.2, 0.25) is 0 Å². The molecule has 280 valence electrons. The van der Waals surface area contributed by atoms with Gasteiger partial charge in [-0.05, 0) is 74.9 Å². The Hall–Kier alpha value is -5.06. The smallest absolute Gasteiger partial charge is 0.247 e. The van der Waals surface area contributed by atoms with E-state index in [0.29, 0.717) is 23.7 Å². The number of nitrogens with zero attached hydrogens (tertiary/aromatic N) is 4. The minimum Gasteiger partial charge on any atom is -0.511 e. The number of rotatable bonds is 8. The molecule has 1 aliphatic heterocycles. The Bertz CT molecular complexity index is 2760. The van der Waals surface area contributed by atoms with Gasteiger partial charge in [0.25, 0.3) is 0 Å². The SMILES string of the molecule is CC(C)c1cccc(C(C)C)c1-c1cnn(-c2[c-]c3c(cc2)oc2ccc4oc5ccc([N+]6=[C-]N=CC6c6c(C(C)C)cccc6C(C)C)[c-]c5c4c23)c1.[Pt]. The minimum atomic E-state index is -0.0957. The third-order valence-corrected chi connectivity index (χ3v) is 11.0. The van der Waals surface area contributed by atoms with Gasteiger partial charge in [-0.15, -0.1) is 41.1 Å². The molecule has 0 fully saturated rings. The number of aromatic nitrogens is 2. The van der Waals surface area contributed by atoms with Crippen LogP contribution in [0.3, 0.4) is 0 Å². The summed E-state index contributed by atoms with van der Waals surface area (Å²) in [4.78, 5) is 4.58. The molecular formula is C48H44N4O2Pt-2. The summed E-state index contributed by atoms with van der Waals surface area (Å²) < 4.78 is 16.9. The van der Waals surface area contributed by atoms with Gasteiger partial charge in [-0.25, -0.2) is 0 Å². The summed E-state index contributed by atoms with van der Waals surface area (Å²) in [7, 11) is 0. The van der Waals surface area contributed by atoms with E-state index >= 15 is 0 Å². The van der Waals surface area contributed by atoms with Crippen molar-refractivity contribution in [3.8, 4) is 16.8 Å². The van der Waals surface area contributed by atoms with Gasteiger partial charge in [-0.2, -0.15) is 16.2 Å². The van der Waals surface area contributed by atoms with Crippen molar-refractivity contribution in [2.24, 2.45) is 4.99 Å². The van der Waals surface area contributed by atoms with Crippen LogP contribution >= 0.6 is 0 Å². The van der Waals surface area contributed by atoms with Gasteiger partial charge in [0.15, 0.2) is 0 Å². The van der Waals surface area contributed by atoms with E-state index in [-0.39, 0.29) is 27.1 Å². The fraction of sp³-hybridized carbons (Fsp3) is 0.271. The van der Waals surface area contributed by atoms with Crippen molar-refractivity contribution in [3.05, 3.63) is 125 Å². The second kappa shape index (κ2) is 14.2. The van der Waals surface area contributed by atoms with Crippen LogP contribution in [0, 0.1) is 12.1 Å². The molecule has 0 N–H and O–H groups in total. The first-order valence-corrected chi connectivity index (χ1v) is 19.1. The largest absolute Gasteiger partial charge is 0.511 e. The van der Waals surface area contributed by atoms with E-state index in [9.17, 15) is 0 Å². The van der Waals surface area contributed by atoms with E-state index in [2.05, 4.69) is 132 Å². The Morgan fingerprint density at radius 1 is 0.636 bits per heavy atom. The second-order valence-corrected chi connectivity index (χ2v) is 15.8. The fourth-order valence-electron chi connectivity index (χ4n) is 8.34. The summed E-state index contributed by atoms with van der Waals surface area (Å²) in [5, 5.41) is 8.53. The number of hydrogen-bond donors (Lipinski definition) is 0. The molecule has 3 aromatic heterocycles. The third-order valence-electron chi connectivity index (χ3n) is 11.0. The monoisotopic (exact) mass is 903 g/mol. The molecule has 0 bridgehead atoms. The van der Waals surface area contributed by atoms with Gasteiger partial charge in [-0.1, -0.05) is 108 Å². The zero-order chi connectivity index (χ0) is 37.4. The molecule has 4 heterocycles. The first kappa shape index (κ1) is 36.9. The molecule has 0 spiro atoms. The maximum absolute atomic E-state index is 6.46. The summed E-state index contributed by atoms with van der Waals surface area (Å²) in [6, 6.07) is 32.8. The molecule has 1 aliphatic rings. The summed E-state index contributed by atoms with van der Waals surface area (Å²) >= 11 is 0. The molecule has 1 atom stereocenters. The van der Waals surface area contributed by atoms with Crippen molar-refractivity contribution in [1.82, 2.24) is 9.78 Å². The Balaban J connectivity index is 0.00000427. The van der Waals surface area contributed by atoms with Gasteiger partial charge in [0.2, 0.25) is 6.34 Å². The topological polar surface area (TPSA) is 59.5 Å². The minimum absolute atomic E-state index is 0. The van der Waals surface area contributed by atoms with Gasteiger partial charge in [0.05, 0.1) is 23.6 Å². The number of aliphatic imine (C=N–C) groups is 1. The maximum atomic E-state index is 6.46. The summed E-state index contributed by atoms with van der Waals surface area (Å²) in [6.07, 6.45) is 9.39. The molecule has 0 saturated heterocycles. The first-order chi connectivity index (χ1) is 26.1. The standard InChI is InChI=1S/C48H44N4O2.Pt/c1-27(2)34-11-9-12-35(28(3)4)45(34)31-23-50-52(25-31)33-16-18-42-39(22-33)48-44(54-42)20-19-43-47(48)38-21-32(15-17-41(38)53-43)51-26-49-24-40(51)46-36(29(5)6)13-10-14-37(46)30(7)8;/h9-20,23-25,27-30,40H,1-8H3;/q-2;. The molecule has 5 aromatic carbocycles. The van der Waals surface area contributed by atoms with Crippen LogP contribution < -0.4 is 0 Å². The molecule has 0 saturated carbocycles. The Kier molecular flexibility index (Phi) is 9.54. The average molecular weight is 904 g/mol. The number of furan rings is 2. The van der Waals surface area contributed by atoms with Gasteiger partial charge < -0.3 is 13.4 Å². The first-order valence-electron chi connectivity index (χ1n) is 19.1. The van der Waals surface area contributed by atoms with Crippen molar-refractivity contribution < 1.29 is 34.5 Å². The van der Waals surface area contributed by atoms with Crippen LogP contribution in [0.1, 0.15) is 113 Å². The van der Waals surface area contributed by atoms with Gasteiger partial charge in [-0.3, -0.25) is 4.68 Å². The molecule has 9 rings (SSSR count). The van der Waals surface area contributed by atoms with Gasteiger partial charge in [0.1, 0.15) is 6.04 Å². The quantitative estimate of drug-likeness (QED) is 0.113. The van der Waals surface area contributed by atoms with Crippen molar-refractivity contribution in [3.63, 3.8) is 0 Å². The molecule has 6 nitrogen and oxygen atoms in total. The van der Waals surface area contributed by atoms with Crippen LogP contribution in [0.15, 0.2) is 99.0 Å². The maximum Gasteiger partial charge on any atom is 0.247 e. The fourth-order valence-corrected chi connectivity index (χ4v) is 8.34. The molecule has 0 radical (unpaired) electrons. The van der Waals surface area contributed by atoms with Gasteiger partial charge >= 0.3 is 0 Å². The molecule has 8 aromatic rings. The van der Waals surface area contributed by atoms with Crippen molar-refractivity contribution in [2.75, 3.05) is 0 Å². The molecule has 1 unspecified atom stereocenters. The van der Waals surface area contributed by atoms with Crippen LogP contribution in [0.5, 0.6) is 0 Å². The third kappa shape index (κ3) is 6.10. The van der Waals surface area contributed by atoms with Crippen LogP contribution in [0.4, 0.5) is 5.69 Å². The molecule has 7 heteroatoms. The molecule has 0 amide bonds. The normalized spacial score (nSPS) is 14.5. The van der Waals surface area contributed by atoms with E-state index in [4.69, 9.17) is 13.9 Å². The van der Waals surface area contributed by atoms with Crippen LogP contribution in [-0.4, -0.2) is 26.9 Å². The Morgan fingerprint density at radius 2 is 1.16 bits per heavy atom. The van der Waals surface area contributed by atoms with Crippen LogP contribution in [0.25, 0.3) is 60.7 Å². The van der Waals surface area contributed by atoms with Gasteiger partial charge in [0, 0.05) is 44.0 Å².